The normalized spacial score (nSPS) is 32.3. The summed E-state index contributed by atoms with van der Waals surface area (Å²) in [4.78, 5) is 27.4. The molecule has 1 saturated heterocycles. The van der Waals surface area contributed by atoms with Gasteiger partial charge < -0.3 is 15.5 Å². The Morgan fingerprint density at radius 2 is 1.53 bits per heavy atom. The van der Waals surface area contributed by atoms with Crippen molar-refractivity contribution in [3.8, 4) is 0 Å². The van der Waals surface area contributed by atoms with Crippen LogP contribution in [0, 0.1) is 5.92 Å². The van der Waals surface area contributed by atoms with Crippen LogP contribution in [0.5, 0.6) is 0 Å². The molecule has 0 unspecified atom stereocenters. The zero-order valence-electron chi connectivity index (χ0n) is 12.0. The minimum Gasteiger partial charge on any atom is -0.339 e. The van der Waals surface area contributed by atoms with Gasteiger partial charge in [0.2, 0.25) is 11.8 Å². The summed E-state index contributed by atoms with van der Waals surface area (Å²) in [5, 5.41) is 0. The summed E-state index contributed by atoms with van der Waals surface area (Å²) in [7, 11) is 0. The van der Waals surface area contributed by atoms with Crippen LogP contribution in [0.2, 0.25) is 0 Å². The molecule has 0 aromatic heterocycles. The zero-order valence-corrected chi connectivity index (χ0v) is 12.0. The quantitative estimate of drug-likeness (QED) is 0.756. The van der Waals surface area contributed by atoms with E-state index in [1.165, 1.54) is 0 Å². The van der Waals surface area contributed by atoms with Crippen LogP contribution >= 0.6 is 0 Å². The smallest absolute Gasteiger partial charge is 0.225 e. The topological polar surface area (TPSA) is 66.6 Å². The van der Waals surface area contributed by atoms with Crippen molar-refractivity contribution in [1.82, 2.24) is 9.80 Å². The Bertz CT molecular complexity index is 350. The molecule has 0 spiro atoms. The third-order valence-corrected chi connectivity index (χ3v) is 4.51. The average Bonchev–Trinajstić information content (AvgIpc) is 2.38. The Balaban J connectivity index is 1.83. The Morgan fingerprint density at radius 3 is 2.00 bits per heavy atom. The van der Waals surface area contributed by atoms with Gasteiger partial charge in [-0.1, -0.05) is 0 Å². The van der Waals surface area contributed by atoms with Crippen molar-refractivity contribution < 1.29 is 9.59 Å². The Labute approximate surface area is 115 Å². The molecule has 108 valence electrons. The SMILES string of the molecule is CC(=O)N1CCN(C(=O)C2CCC(C)(N)CC2)CC1. The number of hydrogen-bond acceptors (Lipinski definition) is 3. The first kappa shape index (κ1) is 14.3. The molecule has 2 aliphatic rings. The van der Waals surface area contributed by atoms with Crippen LogP contribution in [0.25, 0.3) is 0 Å². The summed E-state index contributed by atoms with van der Waals surface area (Å²) in [5.41, 5.74) is 6.01. The molecule has 2 amide bonds. The second-order valence-electron chi connectivity index (χ2n) is 6.26. The summed E-state index contributed by atoms with van der Waals surface area (Å²) in [6, 6.07) is 0. The lowest BCUT2D eigenvalue weighted by molar-refractivity contribution is -0.142. The maximum Gasteiger partial charge on any atom is 0.225 e. The molecule has 2 N–H and O–H groups in total. The molecule has 2 fully saturated rings. The largest absolute Gasteiger partial charge is 0.339 e. The molecule has 0 atom stereocenters. The van der Waals surface area contributed by atoms with Gasteiger partial charge >= 0.3 is 0 Å². The lowest BCUT2D eigenvalue weighted by Gasteiger charge is -2.39. The molecule has 5 nitrogen and oxygen atoms in total. The molecule has 1 saturated carbocycles. The zero-order chi connectivity index (χ0) is 14.0. The van der Waals surface area contributed by atoms with Crippen molar-refractivity contribution >= 4 is 11.8 Å². The van der Waals surface area contributed by atoms with Crippen molar-refractivity contribution in [2.24, 2.45) is 11.7 Å². The van der Waals surface area contributed by atoms with E-state index in [4.69, 9.17) is 5.73 Å². The standard InChI is InChI=1S/C14H25N3O2/c1-11(18)16-7-9-17(10-8-16)13(19)12-3-5-14(2,15)6-4-12/h12H,3-10,15H2,1-2H3. The average molecular weight is 267 g/mol. The number of amides is 2. The maximum absolute atomic E-state index is 12.4. The van der Waals surface area contributed by atoms with E-state index in [0.29, 0.717) is 26.2 Å². The van der Waals surface area contributed by atoms with Gasteiger partial charge in [0.25, 0.3) is 0 Å². The van der Waals surface area contributed by atoms with E-state index >= 15 is 0 Å². The molecule has 0 aromatic carbocycles. The van der Waals surface area contributed by atoms with E-state index in [9.17, 15) is 9.59 Å². The number of rotatable bonds is 1. The summed E-state index contributed by atoms with van der Waals surface area (Å²) >= 11 is 0. The van der Waals surface area contributed by atoms with Gasteiger partial charge in [-0.2, -0.15) is 0 Å². The molecule has 0 radical (unpaired) electrons. The molecule has 1 aliphatic heterocycles. The van der Waals surface area contributed by atoms with Gasteiger partial charge in [-0.15, -0.1) is 0 Å². The van der Waals surface area contributed by atoms with E-state index in [0.717, 1.165) is 25.7 Å². The second kappa shape index (κ2) is 5.49. The first-order valence-corrected chi connectivity index (χ1v) is 7.22. The van der Waals surface area contributed by atoms with Crippen LogP contribution in [0.4, 0.5) is 0 Å². The van der Waals surface area contributed by atoms with Gasteiger partial charge in [-0.3, -0.25) is 9.59 Å². The molecule has 1 aliphatic carbocycles. The predicted molar refractivity (Wildman–Crippen MR) is 73.4 cm³/mol. The van der Waals surface area contributed by atoms with Gasteiger partial charge in [0.05, 0.1) is 0 Å². The molecule has 0 bridgehead atoms. The minimum atomic E-state index is -0.0931. The van der Waals surface area contributed by atoms with E-state index in [1.54, 1.807) is 6.92 Å². The van der Waals surface area contributed by atoms with Crippen molar-refractivity contribution in [2.75, 3.05) is 26.2 Å². The Kier molecular flexibility index (Phi) is 4.13. The van der Waals surface area contributed by atoms with E-state index in [1.807, 2.05) is 9.80 Å². The van der Waals surface area contributed by atoms with Crippen LogP contribution in [0.3, 0.4) is 0 Å². The fraction of sp³-hybridized carbons (Fsp3) is 0.857. The molecular weight excluding hydrogens is 242 g/mol. The van der Waals surface area contributed by atoms with Crippen molar-refractivity contribution in [2.45, 2.75) is 45.1 Å². The van der Waals surface area contributed by atoms with Gasteiger partial charge in [-0.25, -0.2) is 0 Å². The van der Waals surface area contributed by atoms with E-state index < -0.39 is 0 Å². The van der Waals surface area contributed by atoms with Crippen LogP contribution < -0.4 is 5.73 Å². The minimum absolute atomic E-state index is 0.0931. The van der Waals surface area contributed by atoms with Crippen LogP contribution in [-0.4, -0.2) is 53.3 Å². The fourth-order valence-corrected chi connectivity index (χ4v) is 3.02. The number of carbonyl (C=O) groups excluding carboxylic acids is 2. The number of nitrogens with two attached hydrogens (primary N) is 1. The molecule has 1 heterocycles. The highest BCUT2D eigenvalue weighted by molar-refractivity contribution is 5.79. The van der Waals surface area contributed by atoms with Gasteiger partial charge in [0.1, 0.15) is 0 Å². The molecule has 0 aromatic rings. The maximum atomic E-state index is 12.4. The van der Waals surface area contributed by atoms with E-state index in [-0.39, 0.29) is 23.3 Å². The predicted octanol–water partition coefficient (Wildman–Crippen LogP) is 0.585. The third-order valence-electron chi connectivity index (χ3n) is 4.51. The van der Waals surface area contributed by atoms with Crippen molar-refractivity contribution in [3.63, 3.8) is 0 Å². The van der Waals surface area contributed by atoms with E-state index in [2.05, 4.69) is 6.92 Å². The second-order valence-corrected chi connectivity index (χ2v) is 6.26. The lowest BCUT2D eigenvalue weighted by Crippen LogP contribution is -2.52. The van der Waals surface area contributed by atoms with Gasteiger partial charge in [-0.05, 0) is 32.6 Å². The first-order valence-electron chi connectivity index (χ1n) is 7.22. The summed E-state index contributed by atoms with van der Waals surface area (Å²) in [6.07, 6.45) is 3.66. The van der Waals surface area contributed by atoms with Gasteiger partial charge in [0.15, 0.2) is 0 Å². The molecular formula is C14H25N3O2. The number of nitrogens with zero attached hydrogens (tertiary/aromatic N) is 2. The highest BCUT2D eigenvalue weighted by atomic mass is 16.2. The summed E-state index contributed by atoms with van der Waals surface area (Å²) < 4.78 is 0. The van der Waals surface area contributed by atoms with Crippen molar-refractivity contribution in [3.05, 3.63) is 0 Å². The molecule has 5 heteroatoms. The fourth-order valence-electron chi connectivity index (χ4n) is 3.02. The number of carbonyl (C=O) groups is 2. The third kappa shape index (κ3) is 3.47. The Hall–Kier alpha value is -1.10. The molecule has 2 rings (SSSR count). The van der Waals surface area contributed by atoms with Crippen molar-refractivity contribution in [1.29, 1.82) is 0 Å². The summed E-state index contributed by atoms with van der Waals surface area (Å²) in [5.74, 6) is 0.503. The van der Waals surface area contributed by atoms with Gasteiger partial charge in [0, 0.05) is 44.6 Å². The Morgan fingerprint density at radius 1 is 1.05 bits per heavy atom. The highest BCUT2D eigenvalue weighted by Crippen LogP contribution is 2.31. The van der Waals surface area contributed by atoms with Crippen LogP contribution in [0.1, 0.15) is 39.5 Å². The lowest BCUT2D eigenvalue weighted by atomic mass is 9.78. The van der Waals surface area contributed by atoms with Crippen LogP contribution in [-0.2, 0) is 9.59 Å². The number of hydrogen-bond donors (Lipinski definition) is 1. The highest BCUT2D eigenvalue weighted by Gasteiger charge is 2.34. The first-order chi connectivity index (χ1) is 8.89. The summed E-state index contributed by atoms with van der Waals surface area (Å²) in [6.45, 7) is 6.34. The monoisotopic (exact) mass is 267 g/mol. The molecule has 19 heavy (non-hydrogen) atoms. The number of piperazine rings is 1. The van der Waals surface area contributed by atoms with Crippen LogP contribution in [0.15, 0.2) is 0 Å².